The zero-order chi connectivity index (χ0) is 6.83. The summed E-state index contributed by atoms with van der Waals surface area (Å²) in [7, 11) is 0. The predicted molar refractivity (Wildman–Crippen MR) is 30.0 cm³/mol. The smallest absolute Gasteiger partial charge is 0.293 e. The van der Waals surface area contributed by atoms with Crippen molar-refractivity contribution in [2.45, 2.75) is 6.92 Å². The van der Waals surface area contributed by atoms with Crippen LogP contribution in [-0.4, -0.2) is 30.1 Å². The molecule has 0 aromatic rings. The molecule has 0 amide bonds. The Kier molecular flexibility index (Phi) is 49.7. The molecule has 0 aliphatic heterocycles. The van der Waals surface area contributed by atoms with Gasteiger partial charge in [0.1, 0.15) is 0 Å². The Morgan fingerprint density at radius 3 is 1.89 bits per heavy atom. The number of hydrogen-bond donors (Lipinski definition) is 1. The van der Waals surface area contributed by atoms with E-state index in [1.54, 1.807) is 6.92 Å². The van der Waals surface area contributed by atoms with Gasteiger partial charge in [-0.3, -0.25) is 9.59 Å². The van der Waals surface area contributed by atoms with E-state index in [0.29, 0.717) is 13.1 Å². The molecular weight excluding hydrogens is 128 g/mol. The third kappa shape index (κ3) is 205. The lowest BCUT2D eigenvalue weighted by molar-refractivity contribution is -0.128. The molecule has 0 spiro atoms. The van der Waals surface area contributed by atoms with Gasteiger partial charge in [0.2, 0.25) is 0 Å². The molecule has 0 rings (SSSR count). The van der Waals surface area contributed by atoms with Gasteiger partial charge in [-0.15, -0.1) is 0 Å². The van der Waals surface area contributed by atoms with Crippen molar-refractivity contribution in [3.05, 3.63) is 0 Å². The van der Waals surface area contributed by atoms with Crippen molar-refractivity contribution in [3.8, 4) is 0 Å². The van der Waals surface area contributed by atoms with Gasteiger partial charge in [-0.1, -0.05) is 0 Å². The first kappa shape index (κ1) is 15.7. The molecule has 0 aromatic heterocycles. The molecule has 0 saturated carbocycles. The standard InChI is InChI=1S/C3H6O2.CH2O2.H2O/c1-2-5-3-4;2-1-3;/h3H,2H2,1H3;1H,(H,2,3);1H2. The fourth-order valence-corrected chi connectivity index (χ4v) is 0.0680. The van der Waals surface area contributed by atoms with Gasteiger partial charge in [0.05, 0.1) is 6.61 Å². The number of carbonyl (C=O) groups excluding carboxylic acids is 1. The third-order valence-corrected chi connectivity index (χ3v) is 0.235. The van der Waals surface area contributed by atoms with E-state index in [2.05, 4.69) is 4.74 Å². The van der Waals surface area contributed by atoms with Gasteiger partial charge in [0.25, 0.3) is 12.9 Å². The second-order valence-electron chi connectivity index (χ2n) is 0.657. The average Bonchev–Trinajstić information content (AvgIpc) is 1.71. The Hall–Kier alpha value is -1.10. The summed E-state index contributed by atoms with van der Waals surface area (Å²) < 4.78 is 4.15. The summed E-state index contributed by atoms with van der Waals surface area (Å²) in [4.78, 5) is 17.5. The van der Waals surface area contributed by atoms with Crippen LogP contribution < -0.4 is 0 Å². The average molecular weight is 138 g/mol. The molecule has 3 N–H and O–H groups in total. The molecule has 0 saturated heterocycles. The van der Waals surface area contributed by atoms with Crippen LogP contribution in [0, 0.1) is 0 Å². The van der Waals surface area contributed by atoms with E-state index in [1.165, 1.54) is 0 Å². The van der Waals surface area contributed by atoms with Crippen LogP contribution in [0.4, 0.5) is 0 Å². The van der Waals surface area contributed by atoms with E-state index < -0.39 is 0 Å². The number of ether oxygens (including phenoxy) is 1. The maximum absolute atomic E-state index is 9.18. The van der Waals surface area contributed by atoms with E-state index in [0.717, 1.165) is 0 Å². The van der Waals surface area contributed by atoms with Crippen molar-refractivity contribution in [1.82, 2.24) is 0 Å². The zero-order valence-electron chi connectivity index (χ0n) is 5.03. The van der Waals surface area contributed by atoms with Crippen molar-refractivity contribution >= 4 is 12.9 Å². The molecule has 0 atom stereocenters. The number of carboxylic acid groups (broad SMARTS) is 1. The molecule has 5 nitrogen and oxygen atoms in total. The highest BCUT2D eigenvalue weighted by atomic mass is 16.5. The second kappa shape index (κ2) is 28.6. The monoisotopic (exact) mass is 138 g/mol. The van der Waals surface area contributed by atoms with Gasteiger partial charge < -0.3 is 15.3 Å². The number of rotatable bonds is 2. The number of carbonyl (C=O) groups is 2. The van der Waals surface area contributed by atoms with E-state index in [9.17, 15) is 4.79 Å². The highest BCUT2D eigenvalue weighted by Gasteiger charge is 1.60. The zero-order valence-corrected chi connectivity index (χ0v) is 5.03. The van der Waals surface area contributed by atoms with Gasteiger partial charge >= 0.3 is 0 Å². The van der Waals surface area contributed by atoms with Crippen LogP contribution in [0.2, 0.25) is 0 Å². The first-order chi connectivity index (χ1) is 3.83. The summed E-state index contributed by atoms with van der Waals surface area (Å²) in [5.74, 6) is 0. The van der Waals surface area contributed by atoms with Crippen molar-refractivity contribution in [2.24, 2.45) is 0 Å². The van der Waals surface area contributed by atoms with Crippen LogP contribution in [0.3, 0.4) is 0 Å². The quantitative estimate of drug-likeness (QED) is 0.498. The van der Waals surface area contributed by atoms with E-state index >= 15 is 0 Å². The van der Waals surface area contributed by atoms with Crippen molar-refractivity contribution in [2.75, 3.05) is 6.61 Å². The second-order valence-corrected chi connectivity index (χ2v) is 0.657. The minimum atomic E-state index is -0.250. The van der Waals surface area contributed by atoms with Gasteiger partial charge in [-0.2, -0.15) is 0 Å². The molecule has 0 fully saturated rings. The van der Waals surface area contributed by atoms with Crippen LogP contribution >= 0.6 is 0 Å². The Morgan fingerprint density at radius 1 is 1.56 bits per heavy atom. The van der Waals surface area contributed by atoms with E-state index in [1.807, 2.05) is 0 Å². The molecule has 0 unspecified atom stereocenters. The first-order valence-electron chi connectivity index (χ1n) is 1.96. The molecule has 0 aliphatic rings. The lowest BCUT2D eigenvalue weighted by Crippen LogP contribution is -1.80. The fourth-order valence-electron chi connectivity index (χ4n) is 0.0680. The molecule has 0 heterocycles. The van der Waals surface area contributed by atoms with Gasteiger partial charge in [-0.05, 0) is 6.92 Å². The minimum Gasteiger partial charge on any atom is -0.483 e. The lowest BCUT2D eigenvalue weighted by atomic mass is 10.9. The van der Waals surface area contributed by atoms with Crippen LogP contribution in [0.5, 0.6) is 0 Å². The van der Waals surface area contributed by atoms with Crippen molar-refractivity contribution < 1.29 is 24.9 Å². The summed E-state index contributed by atoms with van der Waals surface area (Å²) in [5, 5.41) is 6.89. The molecule has 9 heavy (non-hydrogen) atoms. The predicted octanol–water partition coefficient (Wildman–Crippen LogP) is -0.945. The third-order valence-electron chi connectivity index (χ3n) is 0.235. The maximum atomic E-state index is 9.18. The number of hydrogen-bond acceptors (Lipinski definition) is 3. The molecular formula is C4H10O5. The SMILES string of the molecule is CCOC=O.O.O=CO. The lowest BCUT2D eigenvalue weighted by Gasteiger charge is -1.79. The molecule has 0 aromatic carbocycles. The molecule has 0 bridgehead atoms. The normalized spacial score (nSPS) is 5.00. The highest BCUT2D eigenvalue weighted by molar-refractivity contribution is 5.36. The van der Waals surface area contributed by atoms with E-state index in [4.69, 9.17) is 9.90 Å². The summed E-state index contributed by atoms with van der Waals surface area (Å²) in [6.07, 6.45) is 0. The molecule has 0 radical (unpaired) electrons. The highest BCUT2D eigenvalue weighted by Crippen LogP contribution is 1.55. The Bertz CT molecular complexity index is 52.9. The van der Waals surface area contributed by atoms with Crippen molar-refractivity contribution in [1.29, 1.82) is 0 Å². The Balaban J connectivity index is -0.0000000800. The van der Waals surface area contributed by atoms with Gasteiger partial charge in [-0.25, -0.2) is 0 Å². The summed E-state index contributed by atoms with van der Waals surface area (Å²) >= 11 is 0. The fraction of sp³-hybridized carbons (Fsp3) is 0.500. The Morgan fingerprint density at radius 2 is 1.89 bits per heavy atom. The molecule has 0 aliphatic carbocycles. The summed E-state index contributed by atoms with van der Waals surface area (Å²) in [5.41, 5.74) is 0. The van der Waals surface area contributed by atoms with Crippen LogP contribution in [-0.2, 0) is 14.3 Å². The van der Waals surface area contributed by atoms with Gasteiger partial charge in [0.15, 0.2) is 0 Å². The molecule has 5 heteroatoms. The minimum absolute atomic E-state index is 0. The van der Waals surface area contributed by atoms with E-state index in [-0.39, 0.29) is 11.9 Å². The Labute approximate surface area is 52.6 Å². The van der Waals surface area contributed by atoms with Gasteiger partial charge in [0, 0.05) is 0 Å². The summed E-state index contributed by atoms with van der Waals surface area (Å²) in [6.45, 7) is 2.41. The topological polar surface area (TPSA) is 95.1 Å². The molecule has 56 valence electrons. The van der Waals surface area contributed by atoms with Crippen LogP contribution in [0.25, 0.3) is 0 Å². The first-order valence-corrected chi connectivity index (χ1v) is 1.96. The largest absolute Gasteiger partial charge is 0.483 e. The summed E-state index contributed by atoms with van der Waals surface area (Å²) in [6, 6.07) is 0. The van der Waals surface area contributed by atoms with Crippen molar-refractivity contribution in [3.63, 3.8) is 0 Å². The maximum Gasteiger partial charge on any atom is 0.293 e. The van der Waals surface area contributed by atoms with Crippen LogP contribution in [0.1, 0.15) is 6.92 Å². The van der Waals surface area contributed by atoms with Crippen LogP contribution in [0.15, 0.2) is 0 Å².